The largest absolute Gasteiger partial charge is 0.478 e. The highest BCUT2D eigenvalue weighted by molar-refractivity contribution is 7.90. The first-order chi connectivity index (χ1) is 18.6. The summed E-state index contributed by atoms with van der Waals surface area (Å²) in [6, 6.07) is 16.7. The first-order valence-corrected chi connectivity index (χ1v) is 14.2. The van der Waals surface area contributed by atoms with Crippen molar-refractivity contribution < 1.29 is 31.5 Å². The number of aromatic nitrogens is 1. The topological polar surface area (TPSA) is 76.4 Å². The molecule has 5 nitrogen and oxygen atoms in total. The van der Waals surface area contributed by atoms with E-state index in [-0.39, 0.29) is 39.7 Å². The van der Waals surface area contributed by atoms with Crippen LogP contribution in [0, 0.1) is 6.92 Å². The molecule has 0 bridgehead atoms. The standard InChI is InChI=1S/C31H30F3NO4S/c1-20-15-23(29(36)37)11-10-22(20)18-27-19-24-17-26(31(32,33)34)12-13-28(24)35(27)40(38,39)14-6-8-21-7-5-9-25(16-21)30(2,3)4/h5-13,15-17,19H,14,18H2,1-4H3,(H,36,37). The van der Waals surface area contributed by atoms with Gasteiger partial charge >= 0.3 is 12.1 Å². The van der Waals surface area contributed by atoms with E-state index in [0.29, 0.717) is 11.1 Å². The van der Waals surface area contributed by atoms with Crippen molar-refractivity contribution in [1.82, 2.24) is 3.97 Å². The molecule has 0 spiro atoms. The average Bonchev–Trinajstić information content (AvgIpc) is 3.22. The summed E-state index contributed by atoms with van der Waals surface area (Å²) in [4.78, 5) is 11.3. The van der Waals surface area contributed by atoms with Crippen LogP contribution in [0.25, 0.3) is 17.0 Å². The van der Waals surface area contributed by atoms with Crippen LogP contribution in [0.5, 0.6) is 0 Å². The smallest absolute Gasteiger partial charge is 0.416 e. The Morgan fingerprint density at radius 2 is 1.68 bits per heavy atom. The molecule has 0 aliphatic carbocycles. The Bertz CT molecular complexity index is 1730. The minimum Gasteiger partial charge on any atom is -0.478 e. The van der Waals surface area contributed by atoms with Crippen molar-refractivity contribution in [1.29, 1.82) is 0 Å². The molecule has 0 amide bonds. The number of fused-ring (bicyclic) bond motifs is 1. The molecule has 1 heterocycles. The second-order valence-corrected chi connectivity index (χ2v) is 12.7. The van der Waals surface area contributed by atoms with Crippen molar-refractivity contribution in [3.8, 4) is 0 Å². The van der Waals surface area contributed by atoms with Gasteiger partial charge in [0, 0.05) is 17.5 Å². The van der Waals surface area contributed by atoms with Crippen molar-refractivity contribution >= 4 is 33.0 Å². The zero-order chi connectivity index (χ0) is 29.5. The number of alkyl halides is 3. The van der Waals surface area contributed by atoms with Gasteiger partial charge in [-0.05, 0) is 71.0 Å². The molecule has 0 fully saturated rings. The molecule has 1 N–H and O–H groups in total. The van der Waals surface area contributed by atoms with Gasteiger partial charge in [-0.1, -0.05) is 63.3 Å². The quantitative estimate of drug-likeness (QED) is 0.251. The molecule has 0 aliphatic heterocycles. The van der Waals surface area contributed by atoms with Crippen molar-refractivity contribution in [2.75, 3.05) is 5.75 Å². The summed E-state index contributed by atoms with van der Waals surface area (Å²) in [5.74, 6) is -1.47. The fourth-order valence-corrected chi connectivity index (χ4v) is 6.02. The van der Waals surface area contributed by atoms with Gasteiger partial charge in [0.25, 0.3) is 0 Å². The first kappa shape index (κ1) is 29.1. The Morgan fingerprint density at radius 1 is 0.950 bits per heavy atom. The van der Waals surface area contributed by atoms with E-state index in [1.165, 1.54) is 30.3 Å². The number of aromatic carboxylic acids is 1. The number of hydrogen-bond donors (Lipinski definition) is 1. The number of aryl methyl sites for hydroxylation is 1. The van der Waals surface area contributed by atoms with Gasteiger partial charge in [-0.25, -0.2) is 17.2 Å². The summed E-state index contributed by atoms with van der Waals surface area (Å²) in [6.07, 6.45) is -1.25. The number of nitrogens with zero attached hydrogens (tertiary/aromatic N) is 1. The molecule has 4 aromatic rings. The van der Waals surface area contributed by atoms with Crippen LogP contribution in [0.2, 0.25) is 0 Å². The third kappa shape index (κ3) is 6.31. The molecule has 4 rings (SSSR count). The Morgan fingerprint density at radius 3 is 2.30 bits per heavy atom. The summed E-state index contributed by atoms with van der Waals surface area (Å²) in [5, 5.41) is 9.41. The Labute approximate surface area is 231 Å². The van der Waals surface area contributed by atoms with Crippen molar-refractivity contribution in [2.24, 2.45) is 0 Å². The van der Waals surface area contributed by atoms with E-state index in [1.54, 1.807) is 19.1 Å². The second kappa shape index (κ2) is 10.6. The maximum atomic E-state index is 13.7. The van der Waals surface area contributed by atoms with Crippen LogP contribution < -0.4 is 0 Å². The molecular formula is C31H30F3NO4S. The molecule has 40 heavy (non-hydrogen) atoms. The van der Waals surface area contributed by atoms with Crippen LogP contribution in [0.3, 0.4) is 0 Å². The second-order valence-electron chi connectivity index (χ2n) is 10.9. The van der Waals surface area contributed by atoms with Crippen LogP contribution in [-0.2, 0) is 28.0 Å². The lowest BCUT2D eigenvalue weighted by atomic mass is 9.86. The van der Waals surface area contributed by atoms with E-state index in [2.05, 4.69) is 20.8 Å². The molecule has 0 unspecified atom stereocenters. The summed E-state index contributed by atoms with van der Waals surface area (Å²) in [6.45, 7) is 7.96. The lowest BCUT2D eigenvalue weighted by Gasteiger charge is -2.19. The van der Waals surface area contributed by atoms with E-state index >= 15 is 0 Å². The summed E-state index contributed by atoms with van der Waals surface area (Å²) in [5.41, 5.74) is 2.79. The maximum Gasteiger partial charge on any atom is 0.416 e. The zero-order valence-corrected chi connectivity index (χ0v) is 23.4. The van der Waals surface area contributed by atoms with Gasteiger partial charge in [0.15, 0.2) is 0 Å². The lowest BCUT2D eigenvalue weighted by Crippen LogP contribution is -2.18. The highest BCUT2D eigenvalue weighted by Gasteiger charge is 2.31. The van der Waals surface area contributed by atoms with Gasteiger partial charge in [0.05, 0.1) is 22.4 Å². The molecule has 0 atom stereocenters. The normalized spacial score (nSPS) is 12.9. The third-order valence-corrected chi connectivity index (χ3v) is 8.37. The van der Waals surface area contributed by atoms with Crippen LogP contribution >= 0.6 is 0 Å². The maximum absolute atomic E-state index is 13.7. The van der Waals surface area contributed by atoms with E-state index in [9.17, 15) is 31.5 Å². The molecule has 0 saturated carbocycles. The third-order valence-electron chi connectivity index (χ3n) is 6.77. The van der Waals surface area contributed by atoms with E-state index in [0.717, 1.165) is 27.2 Å². The minimum atomic E-state index is -4.58. The Hall–Kier alpha value is -3.85. The van der Waals surface area contributed by atoms with Gasteiger partial charge in [0.1, 0.15) is 0 Å². The van der Waals surface area contributed by atoms with E-state index in [4.69, 9.17) is 0 Å². The SMILES string of the molecule is Cc1cc(C(=O)O)ccc1Cc1cc2cc(C(F)(F)F)ccc2n1S(=O)(=O)CC=Cc1cccc(C(C)(C)C)c1. The fourth-order valence-electron chi connectivity index (χ4n) is 4.59. The highest BCUT2D eigenvalue weighted by Crippen LogP contribution is 2.34. The molecule has 3 aromatic carbocycles. The number of benzene rings is 3. The summed E-state index contributed by atoms with van der Waals surface area (Å²) < 4.78 is 68.6. The molecule has 1 aromatic heterocycles. The van der Waals surface area contributed by atoms with Gasteiger partial charge in [-0.15, -0.1) is 0 Å². The predicted molar refractivity (Wildman–Crippen MR) is 151 cm³/mol. The van der Waals surface area contributed by atoms with E-state index < -0.39 is 27.7 Å². The number of carboxylic acids is 1. The molecule has 0 radical (unpaired) electrons. The number of carbonyl (C=O) groups is 1. The molecule has 0 saturated heterocycles. The summed E-state index contributed by atoms with van der Waals surface area (Å²) in [7, 11) is -4.03. The van der Waals surface area contributed by atoms with Crippen molar-refractivity contribution in [3.05, 3.63) is 112 Å². The van der Waals surface area contributed by atoms with Gasteiger partial charge < -0.3 is 5.11 Å². The fraction of sp³-hybridized carbons (Fsp3) is 0.258. The first-order valence-electron chi connectivity index (χ1n) is 12.6. The minimum absolute atomic E-state index is 0.0784. The predicted octanol–water partition coefficient (Wildman–Crippen LogP) is 7.45. The van der Waals surface area contributed by atoms with Crippen LogP contribution in [0.1, 0.15) is 64.6 Å². The molecule has 9 heteroatoms. The van der Waals surface area contributed by atoms with Crippen LogP contribution in [-0.4, -0.2) is 29.2 Å². The number of rotatable bonds is 7. The van der Waals surface area contributed by atoms with Crippen LogP contribution in [0.4, 0.5) is 13.2 Å². The lowest BCUT2D eigenvalue weighted by molar-refractivity contribution is -0.137. The van der Waals surface area contributed by atoms with Crippen LogP contribution in [0.15, 0.2) is 72.8 Å². The van der Waals surface area contributed by atoms with Gasteiger partial charge in [-0.2, -0.15) is 13.2 Å². The monoisotopic (exact) mass is 569 g/mol. The molecular weight excluding hydrogens is 539 g/mol. The highest BCUT2D eigenvalue weighted by atomic mass is 32.2. The van der Waals surface area contributed by atoms with Gasteiger partial charge in [-0.3, -0.25) is 0 Å². The molecule has 210 valence electrons. The number of halogens is 3. The molecule has 0 aliphatic rings. The average molecular weight is 570 g/mol. The van der Waals surface area contributed by atoms with Gasteiger partial charge in [0.2, 0.25) is 10.0 Å². The summed E-state index contributed by atoms with van der Waals surface area (Å²) >= 11 is 0. The number of hydrogen-bond acceptors (Lipinski definition) is 3. The number of carboxylic acid groups (broad SMARTS) is 1. The van der Waals surface area contributed by atoms with Crippen molar-refractivity contribution in [3.63, 3.8) is 0 Å². The van der Waals surface area contributed by atoms with E-state index in [1.807, 2.05) is 24.3 Å². The van der Waals surface area contributed by atoms with Crippen molar-refractivity contribution in [2.45, 2.75) is 45.7 Å². The Balaban J connectivity index is 1.76. The zero-order valence-electron chi connectivity index (χ0n) is 22.6. The Kier molecular flexibility index (Phi) is 7.73.